The Morgan fingerprint density at radius 3 is 2.05 bits per heavy atom. The zero-order chi connectivity index (χ0) is 29.8. The summed E-state index contributed by atoms with van der Waals surface area (Å²) in [6, 6.07) is 17.2. The molecular formula is C31H38N2O8. The van der Waals surface area contributed by atoms with Crippen LogP contribution in [0.25, 0.3) is 0 Å². The summed E-state index contributed by atoms with van der Waals surface area (Å²) in [5.74, 6) is -1.23. The summed E-state index contributed by atoms with van der Waals surface area (Å²) >= 11 is 0. The van der Waals surface area contributed by atoms with E-state index in [1.807, 2.05) is 60.7 Å². The molecule has 2 atom stereocenters. The van der Waals surface area contributed by atoms with E-state index in [0.717, 1.165) is 11.1 Å². The van der Waals surface area contributed by atoms with Crippen LogP contribution in [0.1, 0.15) is 57.6 Å². The molecule has 1 fully saturated rings. The van der Waals surface area contributed by atoms with Crippen molar-refractivity contribution in [3.8, 4) is 0 Å². The largest absolute Gasteiger partial charge is 0.464 e. The number of amides is 2. The smallest absolute Gasteiger partial charge is 0.412 e. The molecule has 2 aromatic carbocycles. The Kier molecular flexibility index (Phi) is 11.3. The van der Waals surface area contributed by atoms with Gasteiger partial charge in [-0.2, -0.15) is 0 Å². The van der Waals surface area contributed by atoms with Crippen LogP contribution in [0.4, 0.5) is 9.59 Å². The van der Waals surface area contributed by atoms with Crippen LogP contribution in [-0.4, -0.2) is 53.8 Å². The number of nitrogens with one attached hydrogen (secondary N) is 1. The number of rotatable bonds is 10. The molecule has 0 aromatic heterocycles. The maximum Gasteiger partial charge on any atom is 0.412 e. The maximum atomic E-state index is 13.2. The first-order valence-corrected chi connectivity index (χ1v) is 13.6. The minimum absolute atomic E-state index is 0.0370. The molecule has 3 rings (SSSR count). The maximum absolute atomic E-state index is 13.2. The minimum Gasteiger partial charge on any atom is -0.464 e. The van der Waals surface area contributed by atoms with Gasteiger partial charge in [0.15, 0.2) is 0 Å². The number of esters is 2. The number of carbonyl (C=O) groups is 4. The van der Waals surface area contributed by atoms with Crippen LogP contribution in [0.2, 0.25) is 0 Å². The average Bonchev–Trinajstić information content (AvgIpc) is 3.38. The highest BCUT2D eigenvalue weighted by molar-refractivity contribution is 5.92. The minimum atomic E-state index is -0.803. The van der Waals surface area contributed by atoms with E-state index in [2.05, 4.69) is 5.32 Å². The van der Waals surface area contributed by atoms with E-state index in [-0.39, 0.29) is 25.0 Å². The van der Waals surface area contributed by atoms with Gasteiger partial charge in [-0.1, -0.05) is 66.7 Å². The third-order valence-corrected chi connectivity index (χ3v) is 6.30. The summed E-state index contributed by atoms with van der Waals surface area (Å²) in [4.78, 5) is 52.3. The van der Waals surface area contributed by atoms with E-state index < -0.39 is 35.8 Å². The van der Waals surface area contributed by atoms with Crippen LogP contribution >= 0.6 is 0 Å². The normalized spacial score (nSPS) is 17.0. The lowest BCUT2D eigenvalue weighted by Gasteiger charge is -2.30. The summed E-state index contributed by atoms with van der Waals surface area (Å²) in [6.45, 7) is 5.41. The molecule has 10 nitrogen and oxygen atoms in total. The number of likely N-dealkylation sites (tertiary alicyclic amines) is 1. The Bertz CT molecular complexity index is 1210. The number of benzene rings is 2. The van der Waals surface area contributed by atoms with Crippen LogP contribution in [0.15, 0.2) is 72.4 Å². The zero-order valence-corrected chi connectivity index (χ0v) is 24.0. The van der Waals surface area contributed by atoms with E-state index in [9.17, 15) is 19.2 Å². The molecule has 2 aromatic rings. The SMILES string of the molecule is COC(=O)/C(=C\CC[C@H]1CC[C@@H](C(=O)OC(C)(C)C)N1C(=O)OCc1ccccc1)NC(=O)OCc1ccccc1. The molecule has 220 valence electrons. The fourth-order valence-corrected chi connectivity index (χ4v) is 4.42. The summed E-state index contributed by atoms with van der Waals surface area (Å²) in [7, 11) is 1.21. The highest BCUT2D eigenvalue weighted by atomic mass is 16.6. The van der Waals surface area contributed by atoms with Crippen LogP contribution in [0, 0.1) is 0 Å². The van der Waals surface area contributed by atoms with Gasteiger partial charge in [-0.15, -0.1) is 0 Å². The molecule has 0 unspecified atom stereocenters. The second-order valence-corrected chi connectivity index (χ2v) is 10.6. The fraction of sp³-hybridized carbons (Fsp3) is 0.419. The summed E-state index contributed by atoms with van der Waals surface area (Å²) in [6.07, 6.45) is 1.76. The molecule has 1 aliphatic heterocycles. The molecule has 10 heteroatoms. The standard InChI is InChI=1S/C31H38N2O8/c1-31(2,3)41-28(35)26-19-18-24(33(26)30(37)40-21-23-14-9-6-10-15-23)16-11-17-25(27(34)38-4)32-29(36)39-20-22-12-7-5-8-13-22/h5-10,12-15,17,24,26H,11,16,18-21H2,1-4H3,(H,32,36)/b25-17+/t24-,26-/m0/s1. The third-order valence-electron chi connectivity index (χ3n) is 6.30. The number of carbonyl (C=O) groups excluding carboxylic acids is 4. The van der Waals surface area contributed by atoms with Crippen molar-refractivity contribution in [1.82, 2.24) is 10.2 Å². The first-order valence-electron chi connectivity index (χ1n) is 13.6. The topological polar surface area (TPSA) is 120 Å². The van der Waals surface area contributed by atoms with Crippen molar-refractivity contribution >= 4 is 24.1 Å². The van der Waals surface area contributed by atoms with Gasteiger partial charge in [0.25, 0.3) is 0 Å². The quantitative estimate of drug-likeness (QED) is 0.235. The average molecular weight is 567 g/mol. The molecule has 0 bridgehead atoms. The Hall–Kier alpha value is -4.34. The monoisotopic (exact) mass is 566 g/mol. The van der Waals surface area contributed by atoms with Crippen molar-refractivity contribution in [3.63, 3.8) is 0 Å². The van der Waals surface area contributed by atoms with E-state index in [4.69, 9.17) is 18.9 Å². The van der Waals surface area contributed by atoms with Crippen LogP contribution < -0.4 is 5.32 Å². The molecule has 0 saturated carbocycles. The highest BCUT2D eigenvalue weighted by Crippen LogP contribution is 2.30. The molecule has 1 heterocycles. The van der Waals surface area contributed by atoms with Crippen molar-refractivity contribution in [2.24, 2.45) is 0 Å². The van der Waals surface area contributed by atoms with Crippen molar-refractivity contribution in [2.45, 2.75) is 77.4 Å². The summed E-state index contributed by atoms with van der Waals surface area (Å²) in [5, 5.41) is 2.43. The van der Waals surface area contributed by atoms with Crippen molar-refractivity contribution in [1.29, 1.82) is 0 Å². The van der Waals surface area contributed by atoms with E-state index in [0.29, 0.717) is 25.7 Å². The molecule has 1 aliphatic rings. The Labute approximate surface area is 240 Å². The van der Waals surface area contributed by atoms with Gasteiger partial charge in [-0.25, -0.2) is 19.2 Å². The Morgan fingerprint density at radius 2 is 1.49 bits per heavy atom. The second kappa shape index (κ2) is 14.9. The van der Waals surface area contributed by atoms with Gasteiger partial charge in [0, 0.05) is 6.04 Å². The first kappa shape index (κ1) is 31.2. The number of hydrogen-bond acceptors (Lipinski definition) is 8. The zero-order valence-electron chi connectivity index (χ0n) is 24.0. The van der Waals surface area contributed by atoms with E-state index >= 15 is 0 Å². The molecule has 1 N–H and O–H groups in total. The number of hydrogen-bond donors (Lipinski definition) is 1. The Balaban J connectivity index is 1.66. The predicted molar refractivity (Wildman–Crippen MR) is 150 cm³/mol. The summed E-state index contributed by atoms with van der Waals surface area (Å²) < 4.78 is 21.2. The lowest BCUT2D eigenvalue weighted by molar-refractivity contribution is -0.160. The fourth-order valence-electron chi connectivity index (χ4n) is 4.42. The number of allylic oxidation sites excluding steroid dienone is 1. The first-order chi connectivity index (χ1) is 19.6. The molecule has 1 saturated heterocycles. The molecule has 2 amide bonds. The number of ether oxygens (including phenoxy) is 4. The van der Waals surface area contributed by atoms with Crippen molar-refractivity contribution in [2.75, 3.05) is 7.11 Å². The number of alkyl carbamates (subject to hydrolysis) is 1. The molecular weight excluding hydrogens is 528 g/mol. The number of methoxy groups -OCH3 is 1. The van der Waals surface area contributed by atoms with E-state index in [1.54, 1.807) is 20.8 Å². The van der Waals surface area contributed by atoms with Crippen LogP contribution in [0.5, 0.6) is 0 Å². The van der Waals surface area contributed by atoms with Gasteiger partial charge in [0.2, 0.25) is 0 Å². The van der Waals surface area contributed by atoms with Crippen LogP contribution in [-0.2, 0) is 41.8 Å². The van der Waals surface area contributed by atoms with E-state index in [1.165, 1.54) is 18.1 Å². The number of nitrogens with zero attached hydrogens (tertiary/aromatic N) is 1. The molecule has 0 spiro atoms. The molecule has 0 aliphatic carbocycles. The van der Waals surface area contributed by atoms with Crippen molar-refractivity contribution in [3.05, 3.63) is 83.6 Å². The Morgan fingerprint density at radius 1 is 0.902 bits per heavy atom. The lowest BCUT2D eigenvalue weighted by Crippen LogP contribution is -2.47. The van der Waals surface area contributed by atoms with Gasteiger partial charge in [0.05, 0.1) is 7.11 Å². The van der Waals surface area contributed by atoms with Gasteiger partial charge in [-0.3, -0.25) is 10.2 Å². The van der Waals surface area contributed by atoms with Gasteiger partial charge < -0.3 is 18.9 Å². The van der Waals surface area contributed by atoms with Gasteiger partial charge in [-0.05, 0) is 57.6 Å². The molecule has 0 radical (unpaired) electrons. The van der Waals surface area contributed by atoms with Crippen molar-refractivity contribution < 1.29 is 38.1 Å². The third kappa shape index (κ3) is 9.97. The summed E-state index contributed by atoms with van der Waals surface area (Å²) in [5.41, 5.74) is 0.825. The van der Waals surface area contributed by atoms with Crippen LogP contribution in [0.3, 0.4) is 0 Å². The second-order valence-electron chi connectivity index (χ2n) is 10.6. The van der Waals surface area contributed by atoms with Gasteiger partial charge >= 0.3 is 24.1 Å². The predicted octanol–water partition coefficient (Wildman–Crippen LogP) is 5.26. The lowest BCUT2D eigenvalue weighted by atomic mass is 10.1. The highest BCUT2D eigenvalue weighted by Gasteiger charge is 2.43. The molecule has 41 heavy (non-hydrogen) atoms. The van der Waals surface area contributed by atoms with Gasteiger partial charge in [0.1, 0.15) is 30.6 Å².